The van der Waals surface area contributed by atoms with Crippen LogP contribution in [-0.4, -0.2) is 15.1 Å². The molecule has 88 valence electrons. The van der Waals surface area contributed by atoms with E-state index in [1.807, 2.05) is 0 Å². The minimum Gasteiger partial charge on any atom is -0.358 e. The highest BCUT2D eigenvalue weighted by Gasteiger charge is 2.29. The Morgan fingerprint density at radius 1 is 1.65 bits per heavy atom. The zero-order chi connectivity index (χ0) is 13.2. The zero-order valence-electron chi connectivity index (χ0n) is 7.85. The lowest BCUT2D eigenvalue weighted by molar-refractivity contribution is -0.390. The van der Waals surface area contributed by atoms with Gasteiger partial charge in [0.2, 0.25) is 5.69 Å². The molecule has 0 spiro atoms. The Morgan fingerprint density at radius 3 is 2.59 bits per heavy atom. The lowest BCUT2D eigenvalue weighted by Crippen LogP contribution is -2.07. The van der Waals surface area contributed by atoms with E-state index >= 15 is 0 Å². The number of nitriles is 1. The van der Waals surface area contributed by atoms with Crippen LogP contribution in [0.4, 0.5) is 14.6 Å². The number of hydrogen-bond donors (Lipinski definition) is 0. The first-order valence-corrected chi connectivity index (χ1v) is 4.33. The molecular weight excluding hydrogens is 260 g/mol. The highest BCUT2D eigenvalue weighted by Crippen LogP contribution is 2.27. The second-order valence-corrected chi connectivity index (χ2v) is 3.08. The van der Waals surface area contributed by atoms with Crippen molar-refractivity contribution in [2.45, 2.75) is 6.43 Å². The highest BCUT2D eigenvalue weighted by molar-refractivity contribution is 6.68. The first-order chi connectivity index (χ1) is 7.88. The van der Waals surface area contributed by atoms with E-state index in [1.165, 1.54) is 6.07 Å². The fourth-order valence-electron chi connectivity index (χ4n) is 1.08. The standard InChI is InChI=1S/C8H2ClF2N3O3/c9-6(15)5-3(2-12)1-4(7(10)11)13-8(5)14(16)17/h1,7H. The molecule has 0 aromatic carbocycles. The number of alkyl halides is 2. The Balaban J connectivity index is 3.65. The van der Waals surface area contributed by atoms with Crippen LogP contribution in [0.3, 0.4) is 0 Å². The summed E-state index contributed by atoms with van der Waals surface area (Å²) in [7, 11) is 0. The van der Waals surface area contributed by atoms with E-state index < -0.39 is 39.2 Å². The van der Waals surface area contributed by atoms with Crippen LogP contribution in [0, 0.1) is 21.4 Å². The number of hydrogen-bond acceptors (Lipinski definition) is 5. The van der Waals surface area contributed by atoms with Gasteiger partial charge >= 0.3 is 12.2 Å². The molecule has 0 fully saturated rings. The Hall–Kier alpha value is -2.14. The third-order valence-corrected chi connectivity index (χ3v) is 1.92. The molecule has 1 rings (SSSR count). The van der Waals surface area contributed by atoms with Crippen LogP contribution in [0.25, 0.3) is 0 Å². The van der Waals surface area contributed by atoms with Gasteiger partial charge in [-0.25, -0.2) is 8.78 Å². The minimum atomic E-state index is -3.10. The number of rotatable bonds is 3. The smallest absolute Gasteiger partial charge is 0.358 e. The van der Waals surface area contributed by atoms with Crippen molar-refractivity contribution in [3.8, 4) is 6.07 Å². The van der Waals surface area contributed by atoms with Gasteiger partial charge in [0.1, 0.15) is 11.6 Å². The Labute approximate surface area is 97.6 Å². The van der Waals surface area contributed by atoms with Crippen LogP contribution in [0.2, 0.25) is 0 Å². The molecule has 0 atom stereocenters. The SMILES string of the molecule is N#Cc1cc(C(F)F)nc([N+](=O)[O-])c1C(=O)Cl. The molecule has 0 aliphatic heterocycles. The van der Waals surface area contributed by atoms with Crippen molar-refractivity contribution in [2.75, 3.05) is 0 Å². The van der Waals surface area contributed by atoms with Crippen LogP contribution < -0.4 is 0 Å². The van der Waals surface area contributed by atoms with Crippen LogP contribution in [-0.2, 0) is 0 Å². The highest BCUT2D eigenvalue weighted by atomic mass is 35.5. The van der Waals surface area contributed by atoms with Gasteiger partial charge < -0.3 is 10.1 Å². The number of pyridine rings is 1. The molecule has 0 aliphatic carbocycles. The lowest BCUT2D eigenvalue weighted by atomic mass is 10.1. The van der Waals surface area contributed by atoms with Gasteiger partial charge in [-0.2, -0.15) is 5.26 Å². The van der Waals surface area contributed by atoms with Gasteiger partial charge in [0.15, 0.2) is 0 Å². The number of nitro groups is 1. The molecule has 0 radical (unpaired) electrons. The van der Waals surface area contributed by atoms with Crippen molar-refractivity contribution in [3.63, 3.8) is 0 Å². The van der Waals surface area contributed by atoms with E-state index in [0.29, 0.717) is 6.07 Å². The molecule has 6 nitrogen and oxygen atoms in total. The first-order valence-electron chi connectivity index (χ1n) is 3.96. The van der Waals surface area contributed by atoms with Crippen molar-refractivity contribution in [3.05, 3.63) is 33.0 Å². The molecule has 17 heavy (non-hydrogen) atoms. The maximum absolute atomic E-state index is 12.3. The lowest BCUT2D eigenvalue weighted by Gasteiger charge is -2.01. The Morgan fingerprint density at radius 2 is 2.24 bits per heavy atom. The molecule has 1 heterocycles. The summed E-state index contributed by atoms with van der Waals surface area (Å²) in [6.07, 6.45) is -3.10. The third-order valence-electron chi connectivity index (χ3n) is 1.73. The van der Waals surface area contributed by atoms with Gasteiger partial charge in [0.25, 0.3) is 5.24 Å². The Bertz CT molecular complexity index is 542. The molecule has 0 bridgehead atoms. The molecule has 1 aromatic rings. The summed E-state index contributed by atoms with van der Waals surface area (Å²) in [5.41, 5.74) is -2.36. The number of carbonyl (C=O) groups excluding carboxylic acids is 1. The second kappa shape index (κ2) is 4.80. The maximum atomic E-state index is 12.3. The first kappa shape index (κ1) is 12.9. The zero-order valence-corrected chi connectivity index (χ0v) is 8.61. The van der Waals surface area contributed by atoms with Gasteiger partial charge in [-0.15, -0.1) is 0 Å². The van der Waals surface area contributed by atoms with Crippen LogP contribution in [0.15, 0.2) is 6.07 Å². The topological polar surface area (TPSA) is 96.9 Å². The van der Waals surface area contributed by atoms with Crippen molar-refractivity contribution >= 4 is 22.7 Å². The monoisotopic (exact) mass is 261 g/mol. The van der Waals surface area contributed by atoms with E-state index in [1.54, 1.807) is 0 Å². The predicted octanol–water partition coefficient (Wildman–Crippen LogP) is 2.18. The minimum absolute atomic E-state index is 0.591. The average Bonchev–Trinajstić information content (AvgIpc) is 2.26. The molecule has 0 N–H and O–H groups in total. The maximum Gasteiger partial charge on any atom is 0.377 e. The van der Waals surface area contributed by atoms with Gasteiger partial charge in [-0.3, -0.25) is 4.79 Å². The van der Waals surface area contributed by atoms with Gasteiger partial charge in [0, 0.05) is 6.07 Å². The van der Waals surface area contributed by atoms with Gasteiger partial charge in [-0.05, 0) is 21.5 Å². The van der Waals surface area contributed by atoms with E-state index in [4.69, 9.17) is 16.9 Å². The van der Waals surface area contributed by atoms with Gasteiger partial charge in [0.05, 0.1) is 5.56 Å². The molecule has 9 heteroatoms. The van der Waals surface area contributed by atoms with Crippen LogP contribution in [0.1, 0.15) is 28.0 Å². The average molecular weight is 262 g/mol. The number of aromatic nitrogens is 1. The van der Waals surface area contributed by atoms with Crippen LogP contribution in [0.5, 0.6) is 0 Å². The summed E-state index contributed by atoms with van der Waals surface area (Å²) < 4.78 is 24.7. The predicted molar refractivity (Wildman–Crippen MR) is 50.7 cm³/mol. The van der Waals surface area contributed by atoms with Gasteiger partial charge in [-0.1, -0.05) is 0 Å². The summed E-state index contributed by atoms with van der Waals surface area (Å²) in [5.74, 6) is -1.15. The van der Waals surface area contributed by atoms with Crippen molar-refractivity contribution in [1.82, 2.24) is 4.98 Å². The fraction of sp³-hybridized carbons (Fsp3) is 0.125. The van der Waals surface area contributed by atoms with Crippen molar-refractivity contribution in [2.24, 2.45) is 0 Å². The molecule has 0 unspecified atom stereocenters. The fourth-order valence-corrected chi connectivity index (χ4v) is 1.26. The largest absolute Gasteiger partial charge is 0.377 e. The second-order valence-electron chi connectivity index (χ2n) is 2.74. The number of carbonyl (C=O) groups is 1. The summed E-state index contributed by atoms with van der Waals surface area (Å²) in [5, 5.41) is 17.9. The van der Waals surface area contributed by atoms with Crippen molar-refractivity contribution in [1.29, 1.82) is 5.26 Å². The number of halogens is 3. The third kappa shape index (κ3) is 2.51. The Kier molecular flexibility index (Phi) is 3.65. The summed E-state index contributed by atoms with van der Waals surface area (Å²) in [6, 6.07) is 1.97. The van der Waals surface area contributed by atoms with Crippen LogP contribution >= 0.6 is 11.6 Å². The summed E-state index contributed by atoms with van der Waals surface area (Å²) in [6.45, 7) is 0. The molecule has 0 saturated carbocycles. The number of nitrogens with zero attached hydrogens (tertiary/aromatic N) is 3. The van der Waals surface area contributed by atoms with E-state index in [-0.39, 0.29) is 0 Å². The molecule has 0 aliphatic rings. The normalized spacial score (nSPS) is 10.1. The van der Waals surface area contributed by atoms with E-state index in [0.717, 1.165) is 0 Å². The van der Waals surface area contributed by atoms with E-state index in [2.05, 4.69) is 4.98 Å². The quantitative estimate of drug-likeness (QED) is 0.472. The summed E-state index contributed by atoms with van der Waals surface area (Å²) in [4.78, 5) is 23.3. The summed E-state index contributed by atoms with van der Waals surface area (Å²) >= 11 is 5.05. The van der Waals surface area contributed by atoms with Crippen molar-refractivity contribution < 1.29 is 18.5 Å². The molecule has 0 amide bonds. The van der Waals surface area contributed by atoms with E-state index in [9.17, 15) is 23.7 Å². The molecular formula is C8H2ClF2N3O3. The molecule has 1 aromatic heterocycles. The molecule has 0 saturated heterocycles.